The normalized spacial score (nSPS) is 20.2. The average molecular weight is 330 g/mol. The third-order valence-corrected chi connectivity index (χ3v) is 4.49. The Balaban J connectivity index is 1.71. The highest BCUT2D eigenvalue weighted by Crippen LogP contribution is 2.39. The largest absolute Gasteiger partial charge is 0.349 e. The zero-order valence-electron chi connectivity index (χ0n) is 12.5. The first-order valence-corrected chi connectivity index (χ1v) is 7.64. The van der Waals surface area contributed by atoms with Crippen LogP contribution in [0.25, 0.3) is 0 Å². The molecule has 1 aliphatic carbocycles. The number of hydrogen-bond donors (Lipinski definition) is 1. The van der Waals surface area contributed by atoms with Gasteiger partial charge in [0.25, 0.3) is 12.3 Å². The van der Waals surface area contributed by atoms with Gasteiger partial charge in [-0.25, -0.2) is 8.78 Å². The molecule has 0 radical (unpaired) electrons. The molecule has 3 nitrogen and oxygen atoms in total. The number of carbonyl (C=O) groups excluding carboxylic acids is 1. The molecule has 126 valence electrons. The van der Waals surface area contributed by atoms with Crippen LogP contribution in [0.5, 0.6) is 0 Å². The molecule has 1 aromatic rings. The van der Waals surface area contributed by atoms with E-state index in [4.69, 9.17) is 0 Å². The molecule has 0 unspecified atom stereocenters. The van der Waals surface area contributed by atoms with Crippen molar-refractivity contribution in [1.82, 2.24) is 10.2 Å². The number of nitrogens with one attached hydrogen (secondary N) is 1. The predicted octanol–water partition coefficient (Wildman–Crippen LogP) is 3.07. The van der Waals surface area contributed by atoms with Gasteiger partial charge in [0.05, 0.1) is 5.54 Å². The van der Waals surface area contributed by atoms with Crippen LogP contribution in [-0.2, 0) is 10.7 Å². The molecule has 2 fully saturated rings. The Labute approximate surface area is 131 Å². The van der Waals surface area contributed by atoms with Gasteiger partial charge in [0.2, 0.25) is 0 Å². The molecule has 1 heterocycles. The van der Waals surface area contributed by atoms with Gasteiger partial charge in [-0.05, 0) is 38.4 Å². The number of carbonyl (C=O) groups is 1. The van der Waals surface area contributed by atoms with Crippen molar-refractivity contribution in [1.29, 1.82) is 0 Å². The minimum Gasteiger partial charge on any atom is -0.344 e. The highest BCUT2D eigenvalue weighted by atomic mass is 19.3. The van der Waals surface area contributed by atoms with E-state index >= 15 is 0 Å². The Morgan fingerprint density at radius 3 is 2.52 bits per heavy atom. The highest BCUT2D eigenvalue weighted by molar-refractivity contribution is 5.85. The van der Waals surface area contributed by atoms with Gasteiger partial charge in [0.1, 0.15) is 0 Å². The lowest BCUT2D eigenvalue weighted by molar-refractivity contribution is -0.148. The van der Waals surface area contributed by atoms with Gasteiger partial charge in [0.15, 0.2) is 0 Å². The van der Waals surface area contributed by atoms with Crippen molar-refractivity contribution in [3.8, 4) is 0 Å². The Hall–Kier alpha value is -1.63. The van der Waals surface area contributed by atoms with Crippen molar-refractivity contribution < 1.29 is 22.4 Å². The fourth-order valence-corrected chi connectivity index (χ4v) is 2.76. The van der Waals surface area contributed by atoms with Crippen LogP contribution in [0.1, 0.15) is 36.8 Å². The van der Waals surface area contributed by atoms with Gasteiger partial charge < -0.3 is 10.2 Å². The van der Waals surface area contributed by atoms with E-state index in [-0.39, 0.29) is 0 Å². The number of halogens is 4. The summed E-state index contributed by atoms with van der Waals surface area (Å²) in [6.07, 6.45) is -0.430. The summed E-state index contributed by atoms with van der Waals surface area (Å²) in [7, 11) is 0. The summed E-state index contributed by atoms with van der Waals surface area (Å²) in [6, 6.07) is 3.87. The third kappa shape index (κ3) is 3.34. The molecule has 7 heteroatoms. The van der Waals surface area contributed by atoms with Crippen LogP contribution < -0.4 is 5.32 Å². The Morgan fingerprint density at radius 2 is 2.00 bits per heavy atom. The van der Waals surface area contributed by atoms with E-state index in [0.717, 1.165) is 37.7 Å². The third-order valence-electron chi connectivity index (χ3n) is 4.49. The van der Waals surface area contributed by atoms with Gasteiger partial charge in [0, 0.05) is 17.7 Å². The number of alkyl halides is 4. The van der Waals surface area contributed by atoms with Crippen LogP contribution in [0.3, 0.4) is 0 Å². The first-order valence-electron chi connectivity index (χ1n) is 7.64. The van der Waals surface area contributed by atoms with Crippen molar-refractivity contribution in [3.63, 3.8) is 0 Å². The number of benzene rings is 1. The molecular weight excluding hydrogens is 312 g/mol. The molecule has 0 aromatic heterocycles. The maximum atomic E-state index is 14.3. The van der Waals surface area contributed by atoms with Gasteiger partial charge in [-0.15, -0.1) is 0 Å². The van der Waals surface area contributed by atoms with Crippen molar-refractivity contribution in [3.05, 3.63) is 35.4 Å². The minimum atomic E-state index is -3.82. The Bertz CT molecular complexity index is 597. The number of hydrogen-bond acceptors (Lipinski definition) is 2. The number of likely N-dealkylation sites (tertiary alicyclic amines) is 1. The van der Waals surface area contributed by atoms with E-state index in [0.29, 0.717) is 25.5 Å². The van der Waals surface area contributed by atoms with Crippen LogP contribution in [-0.4, -0.2) is 36.0 Å². The second kappa shape index (κ2) is 5.78. The standard InChI is InChI=1S/C16H18F4N2O/c17-13(18)11-3-1-4-12(9-11)16(19,20)14(23)21-15(5-6-15)10-22-7-2-8-22/h1,3-4,9,13H,2,5-8,10H2,(H,21,23). The molecule has 1 aliphatic heterocycles. The molecule has 1 saturated heterocycles. The lowest BCUT2D eigenvalue weighted by atomic mass is 10.0. The van der Waals surface area contributed by atoms with Crippen LogP contribution in [0.15, 0.2) is 24.3 Å². The number of rotatable bonds is 6. The molecule has 1 aromatic carbocycles. The summed E-state index contributed by atoms with van der Waals surface area (Å²) in [5.41, 5.74) is -1.80. The topological polar surface area (TPSA) is 32.3 Å². The van der Waals surface area contributed by atoms with E-state index < -0.39 is 34.9 Å². The molecule has 1 saturated carbocycles. The van der Waals surface area contributed by atoms with Crippen LogP contribution in [0.2, 0.25) is 0 Å². The molecule has 1 amide bonds. The first kappa shape index (κ1) is 16.2. The Kier molecular flexibility index (Phi) is 4.08. The molecule has 0 bridgehead atoms. The van der Waals surface area contributed by atoms with Gasteiger partial charge in [-0.3, -0.25) is 4.79 Å². The summed E-state index contributed by atoms with van der Waals surface area (Å²) in [5, 5.41) is 2.44. The second-order valence-corrected chi connectivity index (χ2v) is 6.36. The van der Waals surface area contributed by atoms with Crippen molar-refractivity contribution in [2.45, 2.75) is 37.1 Å². The van der Waals surface area contributed by atoms with Gasteiger partial charge >= 0.3 is 5.92 Å². The molecular formula is C16H18F4N2O. The summed E-state index contributed by atoms with van der Waals surface area (Å²) in [6.45, 7) is 2.42. The number of amides is 1. The lowest BCUT2D eigenvalue weighted by Gasteiger charge is -2.35. The zero-order chi connectivity index (χ0) is 16.7. The maximum Gasteiger partial charge on any atom is 0.349 e. The molecule has 1 N–H and O–H groups in total. The van der Waals surface area contributed by atoms with Gasteiger partial charge in [-0.1, -0.05) is 18.2 Å². The quantitative estimate of drug-likeness (QED) is 0.813. The number of nitrogens with zero attached hydrogens (tertiary/aromatic N) is 1. The van der Waals surface area contributed by atoms with Crippen LogP contribution >= 0.6 is 0 Å². The zero-order valence-corrected chi connectivity index (χ0v) is 12.5. The molecule has 0 atom stereocenters. The summed E-state index contributed by atoms with van der Waals surface area (Å²) in [5.74, 6) is -5.24. The minimum absolute atomic E-state index is 0.517. The monoisotopic (exact) mass is 330 g/mol. The predicted molar refractivity (Wildman–Crippen MR) is 76.5 cm³/mol. The molecule has 2 aliphatic rings. The summed E-state index contributed by atoms with van der Waals surface area (Å²) in [4.78, 5) is 14.1. The van der Waals surface area contributed by atoms with Crippen LogP contribution in [0, 0.1) is 0 Å². The van der Waals surface area contributed by atoms with Crippen LogP contribution in [0.4, 0.5) is 17.6 Å². The first-order chi connectivity index (χ1) is 10.8. The SMILES string of the molecule is O=C(NC1(CN2CCC2)CC1)C(F)(F)c1cccc(C(F)F)c1. The smallest absolute Gasteiger partial charge is 0.344 e. The second-order valence-electron chi connectivity index (χ2n) is 6.36. The maximum absolute atomic E-state index is 14.3. The fourth-order valence-electron chi connectivity index (χ4n) is 2.76. The molecule has 3 rings (SSSR count). The highest BCUT2D eigenvalue weighted by Gasteiger charge is 2.51. The van der Waals surface area contributed by atoms with E-state index in [1.807, 2.05) is 0 Å². The average Bonchev–Trinajstić information content (AvgIpc) is 3.23. The fraction of sp³-hybridized carbons (Fsp3) is 0.562. The van der Waals surface area contributed by atoms with Gasteiger partial charge in [-0.2, -0.15) is 8.78 Å². The van der Waals surface area contributed by atoms with Crippen molar-refractivity contribution in [2.24, 2.45) is 0 Å². The van der Waals surface area contributed by atoms with E-state index in [9.17, 15) is 22.4 Å². The lowest BCUT2D eigenvalue weighted by Crippen LogP contribution is -2.53. The van der Waals surface area contributed by atoms with Crippen molar-refractivity contribution in [2.75, 3.05) is 19.6 Å². The molecule has 23 heavy (non-hydrogen) atoms. The summed E-state index contributed by atoms with van der Waals surface area (Å²) >= 11 is 0. The van der Waals surface area contributed by atoms with E-state index in [1.54, 1.807) is 0 Å². The van der Waals surface area contributed by atoms with Crippen molar-refractivity contribution >= 4 is 5.91 Å². The molecule has 0 spiro atoms. The Morgan fingerprint density at radius 1 is 1.30 bits per heavy atom. The summed E-state index contributed by atoms with van der Waals surface area (Å²) < 4.78 is 53.9. The van der Waals surface area contributed by atoms with E-state index in [1.165, 1.54) is 0 Å². The van der Waals surface area contributed by atoms with E-state index in [2.05, 4.69) is 10.2 Å².